The van der Waals surface area contributed by atoms with Crippen LogP contribution in [0.15, 0.2) is 23.0 Å². The van der Waals surface area contributed by atoms with E-state index in [1.54, 1.807) is 25.7 Å². The molecule has 1 amide bonds. The Morgan fingerprint density at radius 2 is 2.11 bits per heavy atom. The number of carbonyl (C=O) groups is 1. The molecule has 10 heteroatoms. The van der Waals surface area contributed by atoms with Crippen LogP contribution < -0.4 is 16.2 Å². The van der Waals surface area contributed by atoms with E-state index in [9.17, 15) is 19.2 Å². The van der Waals surface area contributed by atoms with Crippen LogP contribution in [0.2, 0.25) is 6.82 Å². The monoisotopic (exact) mass is 363 g/mol. The third-order valence-corrected chi connectivity index (χ3v) is 4.61. The minimum Gasteiger partial charge on any atom is -0.317 e. The number of hydrogen-bond donors (Lipinski definition) is 0. The van der Waals surface area contributed by atoms with Gasteiger partial charge in [0.1, 0.15) is 12.4 Å². The van der Waals surface area contributed by atoms with Crippen molar-refractivity contribution in [1.29, 1.82) is 5.26 Å². The van der Waals surface area contributed by atoms with Gasteiger partial charge in [-0.05, 0) is 23.8 Å². The zero-order chi connectivity index (χ0) is 19.3. The molecule has 0 atom stereocenters. The summed E-state index contributed by atoms with van der Waals surface area (Å²) in [6.07, 6.45) is 0. The fraction of sp³-hybridized carbons (Fsp3) is 0.235. The molecule has 1 aliphatic rings. The second kappa shape index (κ2) is 6.05. The Hall–Kier alpha value is -3.48. The lowest BCUT2D eigenvalue weighted by Gasteiger charge is -2.11. The summed E-state index contributed by atoms with van der Waals surface area (Å²) in [5.74, 6) is -0.464. The number of imidazole rings is 1. The number of fused-ring (bicyclic) bond motifs is 2. The molecule has 0 unspecified atom stereocenters. The molecule has 3 heterocycles. The lowest BCUT2D eigenvalue weighted by atomic mass is 9.81. The molecule has 3 aromatic rings. The number of hydrogen-bond acceptors (Lipinski definition) is 5. The smallest absolute Gasteiger partial charge is 0.283 e. The number of nitriles is 1. The average molecular weight is 363 g/mol. The van der Waals surface area contributed by atoms with Gasteiger partial charge in [0.2, 0.25) is 11.9 Å². The summed E-state index contributed by atoms with van der Waals surface area (Å²) in [5.41, 5.74) is 1.26. The molecule has 0 spiro atoms. The van der Waals surface area contributed by atoms with E-state index in [4.69, 9.17) is 0 Å². The van der Waals surface area contributed by atoms with E-state index < -0.39 is 11.4 Å². The van der Waals surface area contributed by atoms with Gasteiger partial charge in [0, 0.05) is 7.05 Å². The van der Waals surface area contributed by atoms with Crippen molar-refractivity contribution in [2.45, 2.75) is 19.9 Å². The van der Waals surface area contributed by atoms with Gasteiger partial charge in [0.15, 0.2) is 18.4 Å². The first-order valence-corrected chi connectivity index (χ1v) is 8.20. The van der Waals surface area contributed by atoms with E-state index >= 15 is 0 Å². The summed E-state index contributed by atoms with van der Waals surface area (Å²) < 4.78 is 16.6. The van der Waals surface area contributed by atoms with E-state index in [-0.39, 0.29) is 36.1 Å². The van der Waals surface area contributed by atoms with Crippen molar-refractivity contribution >= 4 is 36.0 Å². The Bertz CT molecular complexity index is 1210. The summed E-state index contributed by atoms with van der Waals surface area (Å²) >= 11 is 0. The lowest BCUT2D eigenvalue weighted by molar-refractivity contribution is -0.117. The fourth-order valence-electron chi connectivity index (χ4n) is 3.19. The first kappa shape index (κ1) is 17.0. The number of nitrogens with zero attached hydrogens (tertiary/aromatic N) is 6. The van der Waals surface area contributed by atoms with Crippen LogP contribution in [0, 0.1) is 17.1 Å². The molecule has 0 saturated heterocycles. The van der Waals surface area contributed by atoms with E-state index in [1.165, 1.54) is 27.7 Å². The highest BCUT2D eigenvalue weighted by molar-refractivity contribution is 6.50. The van der Waals surface area contributed by atoms with Crippen LogP contribution in [0.3, 0.4) is 0 Å². The van der Waals surface area contributed by atoms with Gasteiger partial charge in [-0.3, -0.25) is 19.1 Å². The molecule has 0 aliphatic carbocycles. The number of aromatic nitrogens is 4. The molecule has 2 aromatic heterocycles. The van der Waals surface area contributed by atoms with E-state index in [0.717, 1.165) is 0 Å². The van der Waals surface area contributed by atoms with Crippen molar-refractivity contribution in [3.63, 3.8) is 0 Å². The SMILES string of the molecule is C[B]c1nc2c(=O)n3c(nc2n1Cc1cc(F)ccc1C#N)N(C)C(=O)C3. The van der Waals surface area contributed by atoms with Crippen LogP contribution in [0.5, 0.6) is 0 Å². The molecule has 133 valence electrons. The van der Waals surface area contributed by atoms with Gasteiger partial charge in [0.25, 0.3) is 5.56 Å². The molecule has 0 saturated carbocycles. The van der Waals surface area contributed by atoms with Crippen molar-refractivity contribution in [1.82, 2.24) is 19.1 Å². The van der Waals surface area contributed by atoms with Gasteiger partial charge in [-0.25, -0.2) is 9.37 Å². The highest BCUT2D eigenvalue weighted by Gasteiger charge is 2.29. The van der Waals surface area contributed by atoms with Crippen LogP contribution >= 0.6 is 0 Å². The van der Waals surface area contributed by atoms with Crippen LogP contribution in [-0.2, 0) is 17.9 Å². The summed E-state index contributed by atoms with van der Waals surface area (Å²) in [7, 11) is 3.25. The Morgan fingerprint density at radius 1 is 1.33 bits per heavy atom. The van der Waals surface area contributed by atoms with Crippen LogP contribution in [-0.4, -0.2) is 39.3 Å². The van der Waals surface area contributed by atoms with Crippen LogP contribution in [0.25, 0.3) is 11.2 Å². The molecule has 27 heavy (non-hydrogen) atoms. The second-order valence-electron chi connectivity index (χ2n) is 6.19. The summed E-state index contributed by atoms with van der Waals surface area (Å²) in [6.45, 7) is 1.80. The zero-order valence-corrected chi connectivity index (χ0v) is 14.6. The molecular formula is C17H13BFN6O2. The maximum atomic E-state index is 13.7. The van der Waals surface area contributed by atoms with Gasteiger partial charge in [-0.2, -0.15) is 10.2 Å². The number of likely N-dealkylation sites (N-methyl/N-ethyl adjacent to an activating group) is 1. The largest absolute Gasteiger partial charge is 0.317 e. The summed E-state index contributed by atoms with van der Waals surface area (Å²) in [6, 6.07) is 5.94. The van der Waals surface area contributed by atoms with Crippen LogP contribution in [0.4, 0.5) is 10.3 Å². The molecule has 4 rings (SSSR count). The molecule has 0 N–H and O–H groups in total. The molecular weight excluding hydrogens is 350 g/mol. The quantitative estimate of drug-likeness (QED) is 0.611. The number of rotatable bonds is 3. The maximum absolute atomic E-state index is 13.7. The number of anilines is 1. The summed E-state index contributed by atoms with van der Waals surface area (Å²) in [4.78, 5) is 34.8. The third kappa shape index (κ3) is 2.51. The third-order valence-electron chi connectivity index (χ3n) is 4.61. The molecule has 1 aliphatic heterocycles. The highest BCUT2D eigenvalue weighted by atomic mass is 19.1. The highest BCUT2D eigenvalue weighted by Crippen LogP contribution is 2.20. The van der Waals surface area contributed by atoms with Crippen molar-refractivity contribution in [2.24, 2.45) is 0 Å². The number of halogens is 1. The first-order chi connectivity index (χ1) is 12.9. The maximum Gasteiger partial charge on any atom is 0.283 e. The van der Waals surface area contributed by atoms with Gasteiger partial charge < -0.3 is 4.57 Å². The first-order valence-electron chi connectivity index (χ1n) is 8.20. The molecule has 1 radical (unpaired) electrons. The zero-order valence-electron chi connectivity index (χ0n) is 14.6. The van der Waals surface area contributed by atoms with Gasteiger partial charge in [-0.1, -0.05) is 6.82 Å². The second-order valence-corrected chi connectivity index (χ2v) is 6.19. The lowest BCUT2D eigenvalue weighted by Crippen LogP contribution is -2.26. The molecule has 0 fully saturated rings. The minimum absolute atomic E-state index is 0.0753. The fourth-order valence-corrected chi connectivity index (χ4v) is 3.19. The topological polar surface area (TPSA) is 96.8 Å². The van der Waals surface area contributed by atoms with Crippen molar-refractivity contribution < 1.29 is 9.18 Å². The van der Waals surface area contributed by atoms with Crippen molar-refractivity contribution in [2.75, 3.05) is 11.9 Å². The standard InChI is InChI=1S/C17H13BFN6O2/c1-18-16-21-13-14(22-17-23(2)12(26)8-25(17)15(13)27)24(16)7-10-5-11(19)4-3-9(10)6-20/h3-5H,7-8H2,1-2H3. The normalized spacial score (nSPS) is 13.1. The number of benzene rings is 1. The molecule has 0 bridgehead atoms. The van der Waals surface area contributed by atoms with Crippen molar-refractivity contribution in [3.05, 3.63) is 45.5 Å². The summed E-state index contributed by atoms with van der Waals surface area (Å²) in [5, 5.41) is 9.29. The van der Waals surface area contributed by atoms with E-state index in [0.29, 0.717) is 16.9 Å². The van der Waals surface area contributed by atoms with E-state index in [1.807, 2.05) is 6.07 Å². The predicted molar refractivity (Wildman–Crippen MR) is 96.7 cm³/mol. The molecule has 1 aromatic carbocycles. The average Bonchev–Trinajstić information content (AvgIpc) is 3.15. The molecule has 8 nitrogen and oxygen atoms in total. The number of carbonyl (C=O) groups excluding carboxylic acids is 1. The number of amides is 1. The Morgan fingerprint density at radius 3 is 2.81 bits per heavy atom. The van der Waals surface area contributed by atoms with Gasteiger partial charge in [0.05, 0.1) is 23.9 Å². The minimum atomic E-state index is -0.463. The van der Waals surface area contributed by atoms with E-state index in [2.05, 4.69) is 9.97 Å². The van der Waals surface area contributed by atoms with Crippen molar-refractivity contribution in [3.8, 4) is 6.07 Å². The Kier molecular flexibility index (Phi) is 3.80. The Labute approximate surface area is 153 Å². The van der Waals surface area contributed by atoms with Crippen LogP contribution in [0.1, 0.15) is 11.1 Å². The van der Waals surface area contributed by atoms with Gasteiger partial charge >= 0.3 is 0 Å². The predicted octanol–water partition coefficient (Wildman–Crippen LogP) is 0.00608. The van der Waals surface area contributed by atoms with Gasteiger partial charge in [-0.15, -0.1) is 0 Å². The Balaban J connectivity index is 1.95.